The maximum atomic E-state index is 13.9. The van der Waals surface area contributed by atoms with Crippen molar-refractivity contribution in [2.24, 2.45) is 17.3 Å². The summed E-state index contributed by atoms with van der Waals surface area (Å²) in [4.78, 5) is 36.1. The van der Waals surface area contributed by atoms with Crippen LogP contribution in [0.2, 0.25) is 0 Å². The molecule has 1 saturated carbocycles. The standard InChI is InChI=1S/C14H17F5O6/c1-4-23-9(20)7-8(13(15,16)14(17,18)19)12(7,10(21)24-5-2)11(22)25-6-3/h7-8H,4-6H2,1-3H3/t7-,8+/m0/s1. The molecule has 0 amide bonds. The van der Waals surface area contributed by atoms with Crippen LogP contribution in [-0.4, -0.2) is 49.8 Å². The summed E-state index contributed by atoms with van der Waals surface area (Å²) in [7, 11) is 0. The number of esters is 3. The monoisotopic (exact) mass is 376 g/mol. The van der Waals surface area contributed by atoms with Crippen LogP contribution in [0.3, 0.4) is 0 Å². The molecule has 0 saturated heterocycles. The quantitative estimate of drug-likeness (QED) is 0.293. The van der Waals surface area contributed by atoms with Crippen LogP contribution in [0, 0.1) is 17.3 Å². The van der Waals surface area contributed by atoms with Crippen LogP contribution in [-0.2, 0) is 28.6 Å². The van der Waals surface area contributed by atoms with Crippen LogP contribution in [0.25, 0.3) is 0 Å². The van der Waals surface area contributed by atoms with Gasteiger partial charge in [-0.1, -0.05) is 0 Å². The minimum absolute atomic E-state index is 0.346. The number of rotatable bonds is 7. The van der Waals surface area contributed by atoms with Crippen molar-refractivity contribution in [3.8, 4) is 0 Å². The van der Waals surface area contributed by atoms with Crippen LogP contribution in [0.5, 0.6) is 0 Å². The summed E-state index contributed by atoms with van der Waals surface area (Å²) in [6, 6.07) is 0. The van der Waals surface area contributed by atoms with Crippen molar-refractivity contribution in [3.63, 3.8) is 0 Å². The summed E-state index contributed by atoms with van der Waals surface area (Å²) in [6.07, 6.45) is -6.09. The van der Waals surface area contributed by atoms with E-state index in [9.17, 15) is 36.3 Å². The van der Waals surface area contributed by atoms with Gasteiger partial charge >= 0.3 is 30.0 Å². The van der Waals surface area contributed by atoms with Crippen molar-refractivity contribution in [1.82, 2.24) is 0 Å². The second kappa shape index (κ2) is 7.12. The molecule has 0 unspecified atom stereocenters. The third-order valence-corrected chi connectivity index (χ3v) is 3.74. The maximum absolute atomic E-state index is 13.9. The van der Waals surface area contributed by atoms with Gasteiger partial charge in [0.15, 0.2) is 5.41 Å². The van der Waals surface area contributed by atoms with Gasteiger partial charge in [-0.15, -0.1) is 0 Å². The molecule has 0 aromatic carbocycles. The topological polar surface area (TPSA) is 78.9 Å². The summed E-state index contributed by atoms with van der Waals surface area (Å²) < 4.78 is 79.6. The average molecular weight is 376 g/mol. The molecule has 1 aliphatic carbocycles. The first-order valence-electron chi connectivity index (χ1n) is 7.40. The van der Waals surface area contributed by atoms with E-state index in [0.29, 0.717) is 0 Å². The Bertz CT molecular complexity index is 526. The fraction of sp³-hybridized carbons (Fsp3) is 0.786. The smallest absolute Gasteiger partial charge is 0.453 e. The van der Waals surface area contributed by atoms with Crippen LogP contribution in [0.15, 0.2) is 0 Å². The summed E-state index contributed by atoms with van der Waals surface area (Å²) >= 11 is 0. The summed E-state index contributed by atoms with van der Waals surface area (Å²) in [5, 5.41) is 0. The fourth-order valence-corrected chi connectivity index (χ4v) is 2.71. The van der Waals surface area contributed by atoms with Gasteiger partial charge in [-0.05, 0) is 20.8 Å². The Morgan fingerprint density at radius 2 is 1.24 bits per heavy atom. The van der Waals surface area contributed by atoms with Crippen LogP contribution >= 0.6 is 0 Å². The molecule has 1 aliphatic rings. The Kier molecular flexibility index (Phi) is 6.01. The lowest BCUT2D eigenvalue weighted by Gasteiger charge is -2.22. The molecule has 0 spiro atoms. The lowest BCUT2D eigenvalue weighted by molar-refractivity contribution is -0.295. The van der Waals surface area contributed by atoms with E-state index in [1.54, 1.807) is 0 Å². The van der Waals surface area contributed by atoms with Gasteiger partial charge in [-0.3, -0.25) is 14.4 Å². The minimum atomic E-state index is -6.09. The van der Waals surface area contributed by atoms with Gasteiger partial charge in [-0.2, -0.15) is 22.0 Å². The fourth-order valence-electron chi connectivity index (χ4n) is 2.71. The van der Waals surface area contributed by atoms with Crippen molar-refractivity contribution in [2.75, 3.05) is 19.8 Å². The second-order valence-electron chi connectivity index (χ2n) is 5.14. The summed E-state index contributed by atoms with van der Waals surface area (Å²) in [5.41, 5.74) is -3.10. The molecule has 11 heteroatoms. The van der Waals surface area contributed by atoms with E-state index in [1.165, 1.54) is 20.8 Å². The molecule has 1 rings (SSSR count). The molecule has 1 fully saturated rings. The molecule has 0 aliphatic heterocycles. The highest BCUT2D eigenvalue weighted by atomic mass is 19.4. The predicted molar refractivity (Wildman–Crippen MR) is 70.3 cm³/mol. The number of carbonyl (C=O) groups excluding carboxylic acids is 3. The summed E-state index contributed by atoms with van der Waals surface area (Å²) in [5.74, 6) is -15.8. The van der Waals surface area contributed by atoms with Crippen molar-refractivity contribution >= 4 is 17.9 Å². The number of hydrogen-bond acceptors (Lipinski definition) is 6. The largest absolute Gasteiger partial charge is 0.466 e. The number of ether oxygens (including phenoxy) is 3. The lowest BCUT2D eigenvalue weighted by atomic mass is 9.99. The first-order valence-corrected chi connectivity index (χ1v) is 7.40. The number of alkyl halides is 5. The predicted octanol–water partition coefficient (Wildman–Crippen LogP) is 2.11. The van der Waals surface area contributed by atoms with Crippen molar-refractivity contribution < 1.29 is 50.5 Å². The highest BCUT2D eigenvalue weighted by Gasteiger charge is 2.90. The molecule has 2 atom stereocenters. The molecule has 6 nitrogen and oxygen atoms in total. The Balaban J connectivity index is 3.49. The normalized spacial score (nSPS) is 22.1. The molecule has 25 heavy (non-hydrogen) atoms. The molecule has 0 heterocycles. The van der Waals surface area contributed by atoms with E-state index in [2.05, 4.69) is 14.2 Å². The molecule has 0 aromatic heterocycles. The average Bonchev–Trinajstić information content (AvgIpc) is 3.19. The molecule has 0 aromatic rings. The Morgan fingerprint density at radius 3 is 1.56 bits per heavy atom. The molecule has 0 N–H and O–H groups in total. The SMILES string of the molecule is CCOC(=O)[C@@H]1[C@@H](C(F)(F)C(F)(F)F)C1(C(=O)OCC)C(=O)OCC. The van der Waals surface area contributed by atoms with Gasteiger partial charge in [0.05, 0.1) is 31.7 Å². The van der Waals surface area contributed by atoms with Crippen LogP contribution in [0.4, 0.5) is 22.0 Å². The zero-order valence-electron chi connectivity index (χ0n) is 13.6. The third-order valence-electron chi connectivity index (χ3n) is 3.74. The number of carbonyl (C=O) groups is 3. The Morgan fingerprint density at radius 1 is 0.840 bits per heavy atom. The van der Waals surface area contributed by atoms with E-state index in [1.807, 2.05) is 0 Å². The Hall–Kier alpha value is -1.94. The van der Waals surface area contributed by atoms with Gasteiger partial charge in [0.1, 0.15) is 0 Å². The highest BCUT2D eigenvalue weighted by Crippen LogP contribution is 2.69. The minimum Gasteiger partial charge on any atom is -0.466 e. The molecule has 0 radical (unpaired) electrons. The van der Waals surface area contributed by atoms with E-state index in [4.69, 9.17) is 0 Å². The zero-order chi connectivity index (χ0) is 19.6. The second-order valence-corrected chi connectivity index (χ2v) is 5.14. The molecule has 0 bridgehead atoms. The number of halogens is 5. The molecule has 144 valence electrons. The van der Waals surface area contributed by atoms with Crippen molar-refractivity contribution in [1.29, 1.82) is 0 Å². The molecular formula is C14H17F5O6. The van der Waals surface area contributed by atoms with Crippen molar-refractivity contribution in [2.45, 2.75) is 32.9 Å². The van der Waals surface area contributed by atoms with Gasteiger partial charge in [0.2, 0.25) is 0 Å². The zero-order valence-corrected chi connectivity index (χ0v) is 13.6. The summed E-state index contributed by atoms with van der Waals surface area (Å²) in [6.45, 7) is 2.65. The van der Waals surface area contributed by atoms with E-state index < -0.39 is 60.5 Å². The molecular weight excluding hydrogens is 359 g/mol. The van der Waals surface area contributed by atoms with Gasteiger partial charge in [0, 0.05) is 0 Å². The van der Waals surface area contributed by atoms with E-state index in [0.717, 1.165) is 0 Å². The maximum Gasteiger partial charge on any atom is 0.453 e. The first-order chi connectivity index (χ1) is 11.4. The van der Waals surface area contributed by atoms with Crippen LogP contribution in [0.1, 0.15) is 20.8 Å². The van der Waals surface area contributed by atoms with Crippen LogP contribution < -0.4 is 0 Å². The third kappa shape index (κ3) is 3.28. The lowest BCUT2D eigenvalue weighted by Crippen LogP contribution is -2.44. The van der Waals surface area contributed by atoms with E-state index in [-0.39, 0.29) is 6.61 Å². The number of hydrogen-bond donors (Lipinski definition) is 0. The van der Waals surface area contributed by atoms with Crippen molar-refractivity contribution in [3.05, 3.63) is 0 Å². The van der Waals surface area contributed by atoms with Gasteiger partial charge in [-0.25, -0.2) is 0 Å². The van der Waals surface area contributed by atoms with Gasteiger partial charge in [0.25, 0.3) is 0 Å². The van der Waals surface area contributed by atoms with Gasteiger partial charge < -0.3 is 14.2 Å². The van der Waals surface area contributed by atoms with E-state index >= 15 is 0 Å². The highest BCUT2D eigenvalue weighted by molar-refractivity contribution is 6.10. The Labute approximate surface area is 139 Å². The first kappa shape index (κ1) is 21.1.